The Hall–Kier alpha value is -1.43. The summed E-state index contributed by atoms with van der Waals surface area (Å²) < 4.78 is 4.74. The number of nitrogens with one attached hydrogen (secondary N) is 1. The molecule has 14 heavy (non-hydrogen) atoms. The summed E-state index contributed by atoms with van der Waals surface area (Å²) in [4.78, 5) is 14.7. The number of carboxylic acid groups (broad SMARTS) is 1. The van der Waals surface area contributed by atoms with Crippen LogP contribution in [0.4, 0.5) is 0 Å². The van der Waals surface area contributed by atoms with Crippen LogP contribution in [0.25, 0.3) is 0 Å². The zero-order valence-corrected chi connectivity index (χ0v) is 8.15. The van der Waals surface area contributed by atoms with E-state index in [0.29, 0.717) is 12.3 Å². The molecule has 78 valence electrons. The van der Waals surface area contributed by atoms with Gasteiger partial charge in [-0.2, -0.15) is 4.98 Å². The molecule has 0 bridgehead atoms. The Labute approximate surface area is 81.3 Å². The highest BCUT2D eigenvalue weighted by Gasteiger charge is 2.30. The Morgan fingerprint density at radius 2 is 2.50 bits per heavy atom. The number of hydrogen-bond acceptors (Lipinski definition) is 5. The molecule has 1 aromatic heterocycles. The van der Waals surface area contributed by atoms with E-state index in [1.54, 1.807) is 13.8 Å². The van der Waals surface area contributed by atoms with Gasteiger partial charge in [0.15, 0.2) is 6.33 Å². The van der Waals surface area contributed by atoms with Crippen molar-refractivity contribution in [3.05, 3.63) is 12.2 Å². The maximum Gasteiger partial charge on any atom is 0.323 e. The van der Waals surface area contributed by atoms with E-state index < -0.39 is 11.5 Å². The predicted octanol–water partition coefficient (Wildman–Crippen LogP) is 0.412. The zero-order chi connectivity index (χ0) is 10.6. The molecule has 1 aromatic rings. The molecule has 0 aromatic carbocycles. The summed E-state index contributed by atoms with van der Waals surface area (Å²) in [6.07, 6.45) is 1.76. The SMILES string of the molecule is CCC(C)(NCc1ncno1)C(=O)O. The van der Waals surface area contributed by atoms with Crippen molar-refractivity contribution in [3.8, 4) is 0 Å². The summed E-state index contributed by atoms with van der Waals surface area (Å²) in [6, 6.07) is 0. The molecule has 0 fully saturated rings. The lowest BCUT2D eigenvalue weighted by atomic mass is 9.99. The quantitative estimate of drug-likeness (QED) is 0.714. The molecule has 1 heterocycles. The summed E-state index contributed by atoms with van der Waals surface area (Å²) in [5, 5.41) is 15.2. The van der Waals surface area contributed by atoms with Crippen molar-refractivity contribution in [1.29, 1.82) is 0 Å². The largest absolute Gasteiger partial charge is 0.480 e. The third kappa shape index (κ3) is 2.29. The van der Waals surface area contributed by atoms with Crippen LogP contribution in [-0.4, -0.2) is 26.8 Å². The van der Waals surface area contributed by atoms with E-state index in [1.165, 1.54) is 6.33 Å². The minimum Gasteiger partial charge on any atom is -0.480 e. The van der Waals surface area contributed by atoms with Gasteiger partial charge in [-0.1, -0.05) is 12.1 Å². The molecule has 0 amide bonds. The van der Waals surface area contributed by atoms with Gasteiger partial charge >= 0.3 is 5.97 Å². The van der Waals surface area contributed by atoms with E-state index in [4.69, 9.17) is 9.63 Å². The van der Waals surface area contributed by atoms with Crippen molar-refractivity contribution >= 4 is 5.97 Å². The van der Waals surface area contributed by atoms with Gasteiger partial charge in [0, 0.05) is 0 Å². The number of aromatic nitrogens is 2. The molecule has 6 nitrogen and oxygen atoms in total. The Morgan fingerprint density at radius 1 is 1.79 bits per heavy atom. The highest BCUT2D eigenvalue weighted by atomic mass is 16.5. The van der Waals surface area contributed by atoms with Gasteiger partial charge in [0.05, 0.1) is 6.54 Å². The standard InChI is InChI=1S/C8H13N3O3/c1-3-8(2,7(12)13)10-4-6-9-5-11-14-6/h5,10H,3-4H2,1-2H3,(H,12,13). The molecule has 0 aliphatic rings. The van der Waals surface area contributed by atoms with Crippen molar-refractivity contribution in [1.82, 2.24) is 15.5 Å². The number of rotatable bonds is 5. The fourth-order valence-electron chi connectivity index (χ4n) is 0.896. The molecule has 0 radical (unpaired) electrons. The van der Waals surface area contributed by atoms with Gasteiger partial charge < -0.3 is 9.63 Å². The van der Waals surface area contributed by atoms with Crippen molar-refractivity contribution in [2.24, 2.45) is 0 Å². The summed E-state index contributed by atoms with van der Waals surface area (Å²) in [6.45, 7) is 3.68. The van der Waals surface area contributed by atoms with Crippen LogP contribution < -0.4 is 5.32 Å². The van der Waals surface area contributed by atoms with E-state index in [1.807, 2.05) is 0 Å². The van der Waals surface area contributed by atoms with E-state index >= 15 is 0 Å². The molecule has 0 saturated carbocycles. The van der Waals surface area contributed by atoms with Gasteiger partial charge in [-0.3, -0.25) is 10.1 Å². The Kier molecular flexibility index (Phi) is 3.19. The van der Waals surface area contributed by atoms with Crippen molar-refractivity contribution in [2.45, 2.75) is 32.4 Å². The van der Waals surface area contributed by atoms with Gasteiger partial charge in [-0.05, 0) is 13.3 Å². The van der Waals surface area contributed by atoms with Crippen molar-refractivity contribution in [3.63, 3.8) is 0 Å². The molecule has 6 heteroatoms. The van der Waals surface area contributed by atoms with Crippen LogP contribution >= 0.6 is 0 Å². The van der Waals surface area contributed by atoms with Crippen molar-refractivity contribution in [2.75, 3.05) is 0 Å². The first-order valence-electron chi connectivity index (χ1n) is 4.32. The molecular formula is C8H13N3O3. The molecular weight excluding hydrogens is 186 g/mol. The monoisotopic (exact) mass is 199 g/mol. The number of aliphatic carboxylic acids is 1. The van der Waals surface area contributed by atoms with Crippen LogP contribution in [0.15, 0.2) is 10.9 Å². The van der Waals surface area contributed by atoms with Crippen LogP contribution in [-0.2, 0) is 11.3 Å². The lowest BCUT2D eigenvalue weighted by molar-refractivity contribution is -0.144. The number of carboxylic acids is 1. The van der Waals surface area contributed by atoms with Crippen LogP contribution in [0, 0.1) is 0 Å². The smallest absolute Gasteiger partial charge is 0.323 e. The summed E-state index contributed by atoms with van der Waals surface area (Å²) in [5.74, 6) is -0.509. The van der Waals surface area contributed by atoms with Crippen LogP contribution in [0.1, 0.15) is 26.2 Å². The third-order valence-corrected chi connectivity index (χ3v) is 2.22. The van der Waals surface area contributed by atoms with Gasteiger partial charge in [0.2, 0.25) is 5.89 Å². The Morgan fingerprint density at radius 3 is 2.93 bits per heavy atom. The highest BCUT2D eigenvalue weighted by molar-refractivity contribution is 5.78. The molecule has 2 N–H and O–H groups in total. The molecule has 0 aliphatic carbocycles. The second-order valence-corrected chi connectivity index (χ2v) is 3.18. The summed E-state index contributed by atoms with van der Waals surface area (Å²) >= 11 is 0. The van der Waals surface area contributed by atoms with E-state index in [0.717, 1.165) is 0 Å². The molecule has 1 unspecified atom stereocenters. The van der Waals surface area contributed by atoms with E-state index in [-0.39, 0.29) is 6.54 Å². The lowest BCUT2D eigenvalue weighted by Crippen LogP contribution is -2.48. The van der Waals surface area contributed by atoms with Crippen LogP contribution in [0.3, 0.4) is 0 Å². The van der Waals surface area contributed by atoms with E-state index in [2.05, 4.69) is 15.5 Å². The van der Waals surface area contributed by atoms with Crippen molar-refractivity contribution < 1.29 is 14.4 Å². The van der Waals surface area contributed by atoms with Gasteiger partial charge in [-0.15, -0.1) is 0 Å². The van der Waals surface area contributed by atoms with Crippen LogP contribution in [0.5, 0.6) is 0 Å². The first kappa shape index (κ1) is 10.6. The average Bonchev–Trinajstić information content (AvgIpc) is 2.66. The zero-order valence-electron chi connectivity index (χ0n) is 8.15. The first-order valence-corrected chi connectivity index (χ1v) is 4.32. The minimum absolute atomic E-state index is 0.261. The number of nitrogens with zero attached hydrogens (tertiary/aromatic N) is 2. The fourth-order valence-corrected chi connectivity index (χ4v) is 0.896. The second-order valence-electron chi connectivity index (χ2n) is 3.18. The van der Waals surface area contributed by atoms with Gasteiger partial charge in [0.25, 0.3) is 0 Å². The summed E-state index contributed by atoms with van der Waals surface area (Å²) in [5.41, 5.74) is -0.950. The third-order valence-electron chi connectivity index (χ3n) is 2.22. The van der Waals surface area contributed by atoms with Gasteiger partial charge in [0.1, 0.15) is 5.54 Å². The maximum absolute atomic E-state index is 10.9. The lowest BCUT2D eigenvalue weighted by Gasteiger charge is -2.23. The minimum atomic E-state index is -0.950. The maximum atomic E-state index is 10.9. The number of hydrogen-bond donors (Lipinski definition) is 2. The number of carbonyl (C=O) groups is 1. The molecule has 0 spiro atoms. The molecule has 1 atom stereocenters. The van der Waals surface area contributed by atoms with Crippen LogP contribution in [0.2, 0.25) is 0 Å². The fraction of sp³-hybridized carbons (Fsp3) is 0.625. The topological polar surface area (TPSA) is 88.3 Å². The summed E-state index contributed by atoms with van der Waals surface area (Å²) in [7, 11) is 0. The normalized spacial score (nSPS) is 15.0. The Bertz CT molecular complexity index is 299. The highest BCUT2D eigenvalue weighted by Crippen LogP contribution is 2.09. The molecule has 0 saturated heterocycles. The molecule has 0 aliphatic heterocycles. The Balaban J connectivity index is 2.54. The van der Waals surface area contributed by atoms with E-state index in [9.17, 15) is 4.79 Å². The first-order chi connectivity index (χ1) is 6.58. The molecule has 1 rings (SSSR count). The average molecular weight is 199 g/mol. The predicted molar refractivity (Wildman–Crippen MR) is 47.5 cm³/mol. The second kappa shape index (κ2) is 4.19. The van der Waals surface area contributed by atoms with Gasteiger partial charge in [-0.25, -0.2) is 0 Å².